The number of nitrogens with zero attached hydrogens (tertiary/aromatic N) is 1. The highest BCUT2D eigenvalue weighted by molar-refractivity contribution is 7.80. The van der Waals surface area contributed by atoms with Gasteiger partial charge < -0.3 is 4.42 Å². The maximum absolute atomic E-state index is 11.0. The topological polar surface area (TPSA) is 60.2 Å². The van der Waals surface area contributed by atoms with Crippen molar-refractivity contribution in [2.24, 2.45) is 0 Å². The Labute approximate surface area is 141 Å². The van der Waals surface area contributed by atoms with Crippen molar-refractivity contribution in [3.05, 3.63) is 71.6 Å². The molecule has 4 nitrogen and oxygen atoms in total. The van der Waals surface area contributed by atoms with Gasteiger partial charge in [0.2, 0.25) is 5.89 Å². The molecule has 0 aliphatic heterocycles. The van der Waals surface area contributed by atoms with Gasteiger partial charge in [-0.1, -0.05) is 30.3 Å². The van der Waals surface area contributed by atoms with Crippen molar-refractivity contribution in [3.8, 4) is 11.5 Å². The van der Waals surface area contributed by atoms with Gasteiger partial charge in [0, 0.05) is 5.56 Å². The van der Waals surface area contributed by atoms with Crippen molar-refractivity contribution in [2.75, 3.05) is 0 Å². The average molecular weight is 345 g/mol. The van der Waals surface area contributed by atoms with Gasteiger partial charge in [-0.3, -0.25) is 0 Å². The fourth-order valence-corrected chi connectivity index (χ4v) is 3.11. The van der Waals surface area contributed by atoms with Crippen LogP contribution < -0.4 is 0 Å². The summed E-state index contributed by atoms with van der Waals surface area (Å²) in [6.45, 7) is 1.85. The number of thiol groups is 2. The standard InChI is InChI=1S/C17H15NO3S2/c1-11-15(18-17(21-11)13-5-3-2-4-6-13)16(22)12-7-9-14(10-8-12)23(19)20/h2-10,16,22-23H,1H3/t16-/m1/s1. The highest BCUT2D eigenvalue weighted by Crippen LogP contribution is 2.33. The minimum absolute atomic E-state index is 0.283. The molecule has 0 spiro atoms. The molecule has 0 bridgehead atoms. The molecule has 0 saturated carbocycles. The lowest BCUT2D eigenvalue weighted by atomic mass is 10.1. The molecule has 1 aromatic heterocycles. The van der Waals surface area contributed by atoms with Crippen LogP contribution in [0.5, 0.6) is 0 Å². The lowest BCUT2D eigenvalue weighted by Gasteiger charge is -2.08. The van der Waals surface area contributed by atoms with Gasteiger partial charge in [-0.2, -0.15) is 12.6 Å². The van der Waals surface area contributed by atoms with Gasteiger partial charge in [-0.25, -0.2) is 13.4 Å². The highest BCUT2D eigenvalue weighted by Gasteiger charge is 2.19. The quantitative estimate of drug-likeness (QED) is 0.709. The minimum atomic E-state index is -2.57. The molecule has 2 aromatic carbocycles. The van der Waals surface area contributed by atoms with Crippen LogP contribution in [-0.4, -0.2) is 13.4 Å². The van der Waals surface area contributed by atoms with Crippen molar-refractivity contribution in [1.29, 1.82) is 0 Å². The van der Waals surface area contributed by atoms with Crippen LogP contribution in [0.1, 0.15) is 22.3 Å². The van der Waals surface area contributed by atoms with Crippen molar-refractivity contribution in [3.63, 3.8) is 0 Å². The summed E-state index contributed by atoms with van der Waals surface area (Å²) in [6, 6.07) is 16.3. The van der Waals surface area contributed by atoms with Crippen LogP contribution in [0.3, 0.4) is 0 Å². The monoisotopic (exact) mass is 345 g/mol. The molecule has 1 atom stereocenters. The summed E-state index contributed by atoms with van der Waals surface area (Å²) in [7, 11) is -2.57. The van der Waals surface area contributed by atoms with Crippen LogP contribution >= 0.6 is 12.6 Å². The third kappa shape index (κ3) is 3.33. The molecule has 1 heterocycles. The second-order valence-corrected chi connectivity index (χ2v) is 6.62. The molecule has 23 heavy (non-hydrogen) atoms. The predicted molar refractivity (Wildman–Crippen MR) is 92.5 cm³/mol. The molecule has 118 valence electrons. The summed E-state index contributed by atoms with van der Waals surface area (Å²) in [5.41, 5.74) is 2.50. The van der Waals surface area contributed by atoms with Crippen molar-refractivity contribution >= 4 is 23.3 Å². The second-order valence-electron chi connectivity index (χ2n) is 5.08. The number of oxazole rings is 1. The molecule has 0 aliphatic carbocycles. The van der Waals surface area contributed by atoms with E-state index in [0.717, 1.165) is 16.8 Å². The van der Waals surface area contributed by atoms with Crippen LogP contribution in [-0.2, 0) is 10.7 Å². The Kier molecular flexibility index (Phi) is 4.54. The molecule has 3 aromatic rings. The molecule has 0 amide bonds. The van der Waals surface area contributed by atoms with E-state index < -0.39 is 10.7 Å². The Hall–Kier alpha value is -2.05. The molecule has 0 aliphatic rings. The number of benzene rings is 2. The zero-order chi connectivity index (χ0) is 16.4. The van der Waals surface area contributed by atoms with Crippen LogP contribution in [0.15, 0.2) is 63.9 Å². The lowest BCUT2D eigenvalue weighted by molar-refractivity contribution is 0.540. The molecule has 6 heteroatoms. The van der Waals surface area contributed by atoms with E-state index in [-0.39, 0.29) is 10.1 Å². The molecule has 0 unspecified atom stereocenters. The van der Waals surface area contributed by atoms with E-state index in [9.17, 15) is 8.42 Å². The van der Waals surface area contributed by atoms with Gasteiger partial charge in [-0.15, -0.1) is 0 Å². The van der Waals surface area contributed by atoms with E-state index in [1.54, 1.807) is 24.3 Å². The summed E-state index contributed by atoms with van der Waals surface area (Å²) in [5.74, 6) is 1.25. The van der Waals surface area contributed by atoms with E-state index in [4.69, 9.17) is 4.42 Å². The van der Waals surface area contributed by atoms with Crippen LogP contribution in [0.4, 0.5) is 0 Å². The average Bonchev–Trinajstić information content (AvgIpc) is 2.97. The van der Waals surface area contributed by atoms with E-state index in [1.807, 2.05) is 37.3 Å². The Morgan fingerprint density at radius 3 is 2.30 bits per heavy atom. The molecular formula is C17H15NO3S2. The zero-order valence-electron chi connectivity index (χ0n) is 12.3. The maximum Gasteiger partial charge on any atom is 0.226 e. The third-order valence-corrected chi connectivity index (χ3v) is 4.79. The molecule has 0 N–H and O–H groups in total. The Balaban J connectivity index is 1.93. The number of hydrogen-bond donors (Lipinski definition) is 2. The van der Waals surface area contributed by atoms with Crippen LogP contribution in [0.25, 0.3) is 11.5 Å². The fourth-order valence-electron chi connectivity index (χ4n) is 2.30. The van der Waals surface area contributed by atoms with Gasteiger partial charge in [0.15, 0.2) is 10.7 Å². The third-order valence-electron chi connectivity index (χ3n) is 3.53. The summed E-state index contributed by atoms with van der Waals surface area (Å²) in [4.78, 5) is 4.83. The zero-order valence-corrected chi connectivity index (χ0v) is 14.1. The molecule has 3 rings (SSSR count). The Bertz CT molecular complexity index is 876. The summed E-state index contributed by atoms with van der Waals surface area (Å²) < 4.78 is 27.7. The summed E-state index contributed by atoms with van der Waals surface area (Å²) in [6.07, 6.45) is 0. The predicted octanol–water partition coefficient (Wildman–Crippen LogP) is 3.64. The van der Waals surface area contributed by atoms with Gasteiger partial charge in [0.25, 0.3) is 0 Å². The SMILES string of the molecule is Cc1oc(-c2ccccc2)nc1[C@H](S)c1ccc([SH](=O)=O)cc1. The van der Waals surface area contributed by atoms with E-state index in [2.05, 4.69) is 17.6 Å². The molecule has 0 radical (unpaired) electrons. The molecule has 0 saturated heterocycles. The number of aryl methyl sites for hydroxylation is 1. The first-order valence-corrected chi connectivity index (χ1v) is 8.71. The normalized spacial score (nSPS) is 12.5. The van der Waals surface area contributed by atoms with Gasteiger partial charge in [0.1, 0.15) is 5.76 Å². The van der Waals surface area contributed by atoms with Crippen LogP contribution in [0.2, 0.25) is 0 Å². The first-order chi connectivity index (χ1) is 11.1. The van der Waals surface area contributed by atoms with Crippen LogP contribution in [0, 0.1) is 6.92 Å². The van der Waals surface area contributed by atoms with Crippen molar-refractivity contribution in [2.45, 2.75) is 17.1 Å². The largest absolute Gasteiger partial charge is 0.441 e. The van der Waals surface area contributed by atoms with E-state index >= 15 is 0 Å². The van der Waals surface area contributed by atoms with Crippen molar-refractivity contribution < 1.29 is 12.8 Å². The highest BCUT2D eigenvalue weighted by atomic mass is 32.2. The number of aromatic nitrogens is 1. The number of hydrogen-bond acceptors (Lipinski definition) is 5. The smallest absolute Gasteiger partial charge is 0.226 e. The minimum Gasteiger partial charge on any atom is -0.441 e. The van der Waals surface area contributed by atoms with Gasteiger partial charge in [0.05, 0.1) is 15.8 Å². The van der Waals surface area contributed by atoms with Gasteiger partial charge in [-0.05, 0) is 36.8 Å². The maximum atomic E-state index is 11.0. The van der Waals surface area contributed by atoms with E-state index in [0.29, 0.717) is 11.7 Å². The summed E-state index contributed by atoms with van der Waals surface area (Å²) >= 11 is 4.62. The first-order valence-electron chi connectivity index (χ1n) is 7.01. The number of rotatable bonds is 4. The molecular weight excluding hydrogens is 330 g/mol. The summed E-state index contributed by atoms with van der Waals surface area (Å²) in [5, 5.41) is -0.283. The fraction of sp³-hybridized carbons (Fsp3) is 0.118. The van der Waals surface area contributed by atoms with E-state index in [1.165, 1.54) is 0 Å². The van der Waals surface area contributed by atoms with Crippen molar-refractivity contribution in [1.82, 2.24) is 4.98 Å². The Morgan fingerprint density at radius 1 is 1.04 bits per heavy atom. The Morgan fingerprint density at radius 2 is 1.70 bits per heavy atom. The van der Waals surface area contributed by atoms with Gasteiger partial charge >= 0.3 is 0 Å². The second kappa shape index (κ2) is 6.60. The lowest BCUT2D eigenvalue weighted by Crippen LogP contribution is -1.96. The molecule has 0 fully saturated rings. The first kappa shape index (κ1) is 15.8.